The lowest BCUT2D eigenvalue weighted by Crippen LogP contribution is -1.89. The van der Waals surface area contributed by atoms with Gasteiger partial charge in [-0.1, -0.05) is 31.7 Å². The number of aliphatic hydroxyl groups excluding tert-OH is 1. The molecule has 0 amide bonds. The van der Waals surface area contributed by atoms with Crippen LogP contribution in [0.4, 0.5) is 0 Å². The molecule has 2 heteroatoms. The molecule has 0 aliphatic rings. The number of rotatable bonds is 5. The van der Waals surface area contributed by atoms with Gasteiger partial charge >= 0.3 is 0 Å². The van der Waals surface area contributed by atoms with E-state index in [4.69, 9.17) is 0 Å². The van der Waals surface area contributed by atoms with Crippen molar-refractivity contribution in [2.24, 2.45) is 0 Å². The molecule has 0 radical (unpaired) electrons. The summed E-state index contributed by atoms with van der Waals surface area (Å²) in [6.45, 7) is 7.90. The van der Waals surface area contributed by atoms with Gasteiger partial charge in [0.05, 0.1) is 0 Å². The molecule has 20 heavy (non-hydrogen) atoms. The van der Waals surface area contributed by atoms with E-state index >= 15 is 0 Å². The zero-order valence-electron chi connectivity index (χ0n) is 12.1. The number of aromatic amines is 1. The highest BCUT2D eigenvalue weighted by Gasteiger charge is 2.03. The number of fused-ring (bicyclic) bond motifs is 1. The topological polar surface area (TPSA) is 36.0 Å². The highest BCUT2D eigenvalue weighted by Crippen LogP contribution is 2.19. The predicted octanol–water partition coefficient (Wildman–Crippen LogP) is 4.98. The molecule has 0 aliphatic heterocycles. The Bertz CT molecular complexity index is 674. The summed E-state index contributed by atoms with van der Waals surface area (Å²) in [5, 5.41) is 10.9. The Kier molecular flexibility index (Phi) is 4.46. The third-order valence-corrected chi connectivity index (χ3v) is 3.24. The number of nitrogens with one attached hydrogen (secondary N) is 1. The first-order chi connectivity index (χ1) is 9.62. The van der Waals surface area contributed by atoms with Crippen LogP contribution < -0.4 is 0 Å². The van der Waals surface area contributed by atoms with Gasteiger partial charge in [-0.15, -0.1) is 0 Å². The van der Waals surface area contributed by atoms with E-state index in [0.717, 1.165) is 29.6 Å². The second-order valence-electron chi connectivity index (χ2n) is 5.02. The standard InChI is InChI=1S/C18H21NO/c1-4-6-17(20)11-14(5-2)10-16-12-15-8-7-13(3)9-18(15)19-16/h5-9,11-12,19-20H,2,4,10H2,1,3H3/b14-11+,17-6-. The smallest absolute Gasteiger partial charge is 0.111 e. The fraction of sp³-hybridized carbons (Fsp3) is 0.222. The lowest BCUT2D eigenvalue weighted by atomic mass is 10.1. The number of allylic oxidation sites excluding steroid dienone is 4. The van der Waals surface area contributed by atoms with Crippen LogP contribution in [-0.2, 0) is 6.42 Å². The Balaban J connectivity index is 2.25. The molecule has 2 aromatic rings. The van der Waals surface area contributed by atoms with Gasteiger partial charge < -0.3 is 10.1 Å². The second-order valence-corrected chi connectivity index (χ2v) is 5.02. The number of H-pyrrole nitrogens is 1. The van der Waals surface area contributed by atoms with Crippen LogP contribution in [0.1, 0.15) is 24.6 Å². The van der Waals surface area contributed by atoms with Crippen molar-refractivity contribution in [3.8, 4) is 0 Å². The van der Waals surface area contributed by atoms with E-state index in [2.05, 4.69) is 42.8 Å². The van der Waals surface area contributed by atoms with Gasteiger partial charge in [0.25, 0.3) is 0 Å². The summed E-state index contributed by atoms with van der Waals surface area (Å²) in [5.74, 6) is 0.300. The van der Waals surface area contributed by atoms with Gasteiger partial charge in [0.2, 0.25) is 0 Å². The number of aryl methyl sites for hydroxylation is 1. The Morgan fingerprint density at radius 3 is 2.85 bits per heavy atom. The van der Waals surface area contributed by atoms with Crippen LogP contribution in [0.5, 0.6) is 0 Å². The van der Waals surface area contributed by atoms with E-state index in [1.54, 1.807) is 18.2 Å². The average molecular weight is 267 g/mol. The maximum absolute atomic E-state index is 9.73. The van der Waals surface area contributed by atoms with Crippen LogP contribution in [-0.4, -0.2) is 10.1 Å². The maximum Gasteiger partial charge on any atom is 0.111 e. The fourth-order valence-electron chi connectivity index (χ4n) is 2.26. The van der Waals surface area contributed by atoms with Crippen molar-refractivity contribution in [3.63, 3.8) is 0 Å². The molecule has 2 rings (SSSR count). The molecule has 0 bridgehead atoms. The summed E-state index contributed by atoms with van der Waals surface area (Å²) >= 11 is 0. The summed E-state index contributed by atoms with van der Waals surface area (Å²) in [4.78, 5) is 3.42. The highest BCUT2D eigenvalue weighted by molar-refractivity contribution is 5.81. The first-order valence-electron chi connectivity index (χ1n) is 6.92. The first-order valence-corrected chi connectivity index (χ1v) is 6.92. The minimum Gasteiger partial charge on any atom is -0.508 e. The zero-order chi connectivity index (χ0) is 14.5. The van der Waals surface area contributed by atoms with Crippen molar-refractivity contribution in [1.82, 2.24) is 4.98 Å². The van der Waals surface area contributed by atoms with Crippen molar-refractivity contribution in [1.29, 1.82) is 0 Å². The minimum atomic E-state index is 0.300. The molecule has 1 heterocycles. The van der Waals surface area contributed by atoms with Crippen LogP contribution in [0.25, 0.3) is 10.9 Å². The molecule has 1 aromatic carbocycles. The van der Waals surface area contributed by atoms with E-state index in [0.29, 0.717) is 5.76 Å². The second kappa shape index (κ2) is 6.29. The van der Waals surface area contributed by atoms with Gasteiger partial charge in [0.15, 0.2) is 0 Å². The molecule has 0 saturated carbocycles. The number of benzene rings is 1. The molecule has 0 spiro atoms. The summed E-state index contributed by atoms with van der Waals surface area (Å²) in [6.07, 6.45) is 6.90. The summed E-state index contributed by atoms with van der Waals surface area (Å²) in [5.41, 5.74) is 4.52. The van der Waals surface area contributed by atoms with Gasteiger partial charge in [0.1, 0.15) is 5.76 Å². The van der Waals surface area contributed by atoms with Gasteiger partial charge in [0, 0.05) is 17.6 Å². The van der Waals surface area contributed by atoms with Crippen molar-refractivity contribution in [2.75, 3.05) is 0 Å². The highest BCUT2D eigenvalue weighted by atomic mass is 16.3. The van der Waals surface area contributed by atoms with Crippen molar-refractivity contribution < 1.29 is 5.11 Å². The van der Waals surface area contributed by atoms with E-state index < -0.39 is 0 Å². The molecule has 0 aliphatic carbocycles. The quantitative estimate of drug-likeness (QED) is 0.581. The van der Waals surface area contributed by atoms with Crippen molar-refractivity contribution >= 4 is 10.9 Å². The van der Waals surface area contributed by atoms with E-state index in [9.17, 15) is 5.11 Å². The van der Waals surface area contributed by atoms with Gasteiger partial charge in [-0.25, -0.2) is 0 Å². The Hall–Kier alpha value is -2.22. The molecule has 0 atom stereocenters. The molecule has 1 aromatic heterocycles. The number of aliphatic hydroxyl groups is 1. The SMILES string of the molecule is C=C/C(=C\C(O)=C\CC)Cc1cc2ccc(C)cc2[nH]1. The van der Waals surface area contributed by atoms with Gasteiger partial charge in [-0.3, -0.25) is 0 Å². The molecular formula is C18H21NO. The van der Waals surface area contributed by atoms with Crippen LogP contribution in [0.2, 0.25) is 0 Å². The molecule has 104 valence electrons. The normalized spacial score (nSPS) is 12.9. The molecule has 0 unspecified atom stereocenters. The number of hydrogen-bond donors (Lipinski definition) is 2. The Labute approximate surface area is 120 Å². The monoisotopic (exact) mass is 267 g/mol. The molecule has 2 N–H and O–H groups in total. The largest absolute Gasteiger partial charge is 0.508 e. The van der Waals surface area contributed by atoms with E-state index in [1.807, 2.05) is 6.92 Å². The van der Waals surface area contributed by atoms with Crippen LogP contribution in [0.3, 0.4) is 0 Å². The lowest BCUT2D eigenvalue weighted by Gasteiger charge is -2.00. The first kappa shape index (κ1) is 14.2. The van der Waals surface area contributed by atoms with Crippen molar-refractivity contribution in [3.05, 3.63) is 71.7 Å². The summed E-state index contributed by atoms with van der Waals surface area (Å²) < 4.78 is 0. The van der Waals surface area contributed by atoms with Crippen LogP contribution >= 0.6 is 0 Å². The number of aromatic nitrogens is 1. The zero-order valence-corrected chi connectivity index (χ0v) is 12.1. The third kappa shape index (κ3) is 3.41. The average Bonchev–Trinajstić information content (AvgIpc) is 2.79. The van der Waals surface area contributed by atoms with Crippen molar-refractivity contribution in [2.45, 2.75) is 26.7 Å². The third-order valence-electron chi connectivity index (χ3n) is 3.24. The van der Waals surface area contributed by atoms with E-state index in [-0.39, 0.29) is 0 Å². The van der Waals surface area contributed by atoms with Gasteiger partial charge in [-0.2, -0.15) is 0 Å². The maximum atomic E-state index is 9.73. The van der Waals surface area contributed by atoms with E-state index in [1.165, 1.54) is 10.9 Å². The molecule has 0 fully saturated rings. The lowest BCUT2D eigenvalue weighted by molar-refractivity contribution is 0.429. The summed E-state index contributed by atoms with van der Waals surface area (Å²) in [7, 11) is 0. The van der Waals surface area contributed by atoms with Crippen LogP contribution in [0, 0.1) is 6.92 Å². The Morgan fingerprint density at radius 1 is 1.35 bits per heavy atom. The number of hydrogen-bond acceptors (Lipinski definition) is 1. The minimum absolute atomic E-state index is 0.300. The van der Waals surface area contributed by atoms with Gasteiger partial charge in [-0.05, 0) is 54.2 Å². The molecule has 0 saturated heterocycles. The summed E-state index contributed by atoms with van der Waals surface area (Å²) in [6, 6.07) is 8.52. The van der Waals surface area contributed by atoms with Crippen LogP contribution in [0.15, 0.2) is 60.4 Å². The fourth-order valence-corrected chi connectivity index (χ4v) is 2.26. The molecular weight excluding hydrogens is 246 g/mol. The Morgan fingerprint density at radius 2 is 2.15 bits per heavy atom. The molecule has 2 nitrogen and oxygen atoms in total. The predicted molar refractivity (Wildman–Crippen MR) is 86.0 cm³/mol.